The molecule has 0 aliphatic heterocycles. The van der Waals surface area contributed by atoms with Gasteiger partial charge in [-0.2, -0.15) is 0 Å². The van der Waals surface area contributed by atoms with E-state index in [9.17, 15) is 0 Å². The van der Waals surface area contributed by atoms with Gasteiger partial charge in [0.25, 0.3) is 0 Å². The Balaban J connectivity index is 1.73. The van der Waals surface area contributed by atoms with Crippen molar-refractivity contribution in [3.05, 3.63) is 79.0 Å². The number of nitrogens with zero attached hydrogens (tertiary/aromatic N) is 1. The number of para-hydroxylation sites is 1. The second-order valence-corrected chi connectivity index (χ2v) is 6.81. The molecule has 0 fully saturated rings. The van der Waals surface area contributed by atoms with Gasteiger partial charge in [-0.05, 0) is 29.8 Å². The van der Waals surface area contributed by atoms with Crippen molar-refractivity contribution >= 4 is 42.4 Å². The van der Waals surface area contributed by atoms with E-state index >= 15 is 0 Å². The lowest BCUT2D eigenvalue weighted by molar-refractivity contribution is 1.41. The Labute approximate surface area is 137 Å². The molecule has 0 spiro atoms. The van der Waals surface area contributed by atoms with Gasteiger partial charge in [-0.1, -0.05) is 48.5 Å². The lowest BCUT2D eigenvalue weighted by Crippen LogP contribution is -1.82. The summed E-state index contributed by atoms with van der Waals surface area (Å²) in [7, 11) is 0. The van der Waals surface area contributed by atoms with Crippen LogP contribution in [0.4, 0.5) is 0 Å². The maximum atomic E-state index is 4.58. The van der Waals surface area contributed by atoms with E-state index in [0.29, 0.717) is 0 Å². The summed E-state index contributed by atoms with van der Waals surface area (Å²) in [5, 5.41) is 3.86. The van der Waals surface area contributed by atoms with E-state index in [-0.39, 0.29) is 0 Å². The van der Waals surface area contributed by atoms with Crippen LogP contribution in [0.25, 0.3) is 42.2 Å². The average molecular weight is 311 g/mol. The number of hydrogen-bond donors (Lipinski definition) is 0. The van der Waals surface area contributed by atoms with Gasteiger partial charge >= 0.3 is 0 Å². The number of hydrogen-bond acceptors (Lipinski definition) is 2. The number of pyridine rings is 1. The van der Waals surface area contributed by atoms with E-state index in [4.69, 9.17) is 0 Å². The molecule has 5 aromatic rings. The summed E-state index contributed by atoms with van der Waals surface area (Å²) in [5.41, 5.74) is 3.43. The SMILES string of the molecule is c1ccc2ncc(-c3ccc4c(c3)sc3ccccc34)cc2c1. The Morgan fingerprint density at radius 1 is 0.652 bits per heavy atom. The van der Waals surface area contributed by atoms with Crippen LogP contribution in [0.3, 0.4) is 0 Å². The van der Waals surface area contributed by atoms with Crippen molar-refractivity contribution in [1.82, 2.24) is 4.98 Å². The average Bonchev–Trinajstić information content (AvgIpc) is 2.99. The Bertz CT molecular complexity index is 1170. The highest BCUT2D eigenvalue weighted by Gasteiger charge is 2.07. The molecular weight excluding hydrogens is 298 g/mol. The zero-order valence-corrected chi connectivity index (χ0v) is 13.2. The monoisotopic (exact) mass is 311 g/mol. The van der Waals surface area contributed by atoms with Crippen LogP contribution in [0.2, 0.25) is 0 Å². The number of aromatic nitrogens is 1. The van der Waals surface area contributed by atoms with E-state index in [2.05, 4.69) is 65.6 Å². The summed E-state index contributed by atoms with van der Waals surface area (Å²) < 4.78 is 2.67. The largest absolute Gasteiger partial charge is 0.256 e. The predicted octanol–water partition coefficient (Wildman–Crippen LogP) is 6.27. The summed E-state index contributed by atoms with van der Waals surface area (Å²) in [4.78, 5) is 4.58. The molecule has 5 rings (SSSR count). The molecular formula is C21H13NS. The molecule has 0 saturated heterocycles. The van der Waals surface area contributed by atoms with Gasteiger partial charge in [0.1, 0.15) is 0 Å². The van der Waals surface area contributed by atoms with Crippen LogP contribution in [0.5, 0.6) is 0 Å². The van der Waals surface area contributed by atoms with Crippen LogP contribution < -0.4 is 0 Å². The van der Waals surface area contributed by atoms with Crippen molar-refractivity contribution in [3.8, 4) is 11.1 Å². The van der Waals surface area contributed by atoms with Gasteiger partial charge in [0.15, 0.2) is 0 Å². The van der Waals surface area contributed by atoms with E-state index < -0.39 is 0 Å². The van der Waals surface area contributed by atoms with Crippen LogP contribution >= 0.6 is 11.3 Å². The van der Waals surface area contributed by atoms with Crippen LogP contribution in [0, 0.1) is 0 Å². The first kappa shape index (κ1) is 12.8. The molecule has 23 heavy (non-hydrogen) atoms. The van der Waals surface area contributed by atoms with Gasteiger partial charge in [0.05, 0.1) is 5.52 Å². The van der Waals surface area contributed by atoms with Crippen molar-refractivity contribution in [2.24, 2.45) is 0 Å². The standard InChI is InChI=1S/C21H13NS/c1-3-7-19-15(5-1)11-16(13-22-19)14-9-10-18-17-6-2-4-8-20(17)23-21(18)12-14/h1-13H. The number of fused-ring (bicyclic) bond motifs is 4. The molecule has 0 bridgehead atoms. The molecule has 0 N–H and O–H groups in total. The molecule has 0 amide bonds. The van der Waals surface area contributed by atoms with Crippen molar-refractivity contribution in [2.45, 2.75) is 0 Å². The van der Waals surface area contributed by atoms with Gasteiger partial charge in [-0.3, -0.25) is 4.98 Å². The lowest BCUT2D eigenvalue weighted by atomic mass is 10.0. The third kappa shape index (κ3) is 2.03. The van der Waals surface area contributed by atoms with E-state index in [1.165, 1.54) is 36.7 Å². The lowest BCUT2D eigenvalue weighted by Gasteiger charge is -2.04. The molecule has 0 aliphatic rings. The highest BCUT2D eigenvalue weighted by molar-refractivity contribution is 7.25. The molecule has 2 heterocycles. The predicted molar refractivity (Wildman–Crippen MR) is 100 cm³/mol. The summed E-state index contributed by atoms with van der Waals surface area (Å²) in [6.07, 6.45) is 1.97. The Hall–Kier alpha value is -2.71. The van der Waals surface area contributed by atoms with Gasteiger partial charge in [0.2, 0.25) is 0 Å². The fourth-order valence-electron chi connectivity index (χ4n) is 3.13. The molecule has 108 valence electrons. The summed E-state index contributed by atoms with van der Waals surface area (Å²) in [6, 6.07) is 25.8. The maximum Gasteiger partial charge on any atom is 0.0702 e. The fraction of sp³-hybridized carbons (Fsp3) is 0. The topological polar surface area (TPSA) is 12.9 Å². The van der Waals surface area contributed by atoms with E-state index in [1.807, 2.05) is 29.7 Å². The third-order valence-corrected chi connectivity index (χ3v) is 5.44. The number of rotatable bonds is 1. The Morgan fingerprint density at radius 2 is 1.48 bits per heavy atom. The molecule has 0 atom stereocenters. The second kappa shape index (κ2) is 4.90. The quantitative estimate of drug-likeness (QED) is 0.355. The summed E-state index contributed by atoms with van der Waals surface area (Å²) >= 11 is 1.85. The van der Waals surface area contributed by atoms with Gasteiger partial charge < -0.3 is 0 Å². The van der Waals surface area contributed by atoms with Crippen molar-refractivity contribution in [2.75, 3.05) is 0 Å². The maximum absolute atomic E-state index is 4.58. The smallest absolute Gasteiger partial charge is 0.0702 e. The van der Waals surface area contributed by atoms with Crippen LogP contribution in [-0.4, -0.2) is 4.98 Å². The zero-order valence-electron chi connectivity index (χ0n) is 12.4. The molecule has 2 aromatic heterocycles. The number of benzene rings is 3. The second-order valence-electron chi connectivity index (χ2n) is 5.73. The molecule has 3 aromatic carbocycles. The molecule has 0 unspecified atom stereocenters. The van der Waals surface area contributed by atoms with Crippen molar-refractivity contribution in [3.63, 3.8) is 0 Å². The van der Waals surface area contributed by atoms with Crippen molar-refractivity contribution in [1.29, 1.82) is 0 Å². The van der Waals surface area contributed by atoms with Crippen LogP contribution in [0.1, 0.15) is 0 Å². The first-order chi connectivity index (χ1) is 11.4. The normalized spacial score (nSPS) is 11.5. The summed E-state index contributed by atoms with van der Waals surface area (Å²) in [5.74, 6) is 0. The van der Waals surface area contributed by atoms with E-state index in [0.717, 1.165) is 5.52 Å². The van der Waals surface area contributed by atoms with E-state index in [1.54, 1.807) is 0 Å². The van der Waals surface area contributed by atoms with Gasteiger partial charge in [0, 0.05) is 37.3 Å². The Kier molecular flexibility index (Phi) is 2.73. The van der Waals surface area contributed by atoms with Crippen LogP contribution in [0.15, 0.2) is 79.0 Å². The first-order valence-corrected chi connectivity index (χ1v) is 8.47. The minimum absolute atomic E-state index is 1.04. The Morgan fingerprint density at radius 3 is 2.48 bits per heavy atom. The van der Waals surface area contributed by atoms with Gasteiger partial charge in [-0.25, -0.2) is 0 Å². The molecule has 1 nitrogen and oxygen atoms in total. The molecule has 0 radical (unpaired) electrons. The molecule has 0 saturated carbocycles. The minimum atomic E-state index is 1.04. The third-order valence-electron chi connectivity index (χ3n) is 4.30. The highest BCUT2D eigenvalue weighted by atomic mass is 32.1. The molecule has 2 heteroatoms. The summed E-state index contributed by atoms with van der Waals surface area (Å²) in [6.45, 7) is 0. The molecule has 0 aliphatic carbocycles. The van der Waals surface area contributed by atoms with Crippen LogP contribution in [-0.2, 0) is 0 Å². The number of thiophene rings is 1. The minimum Gasteiger partial charge on any atom is -0.256 e. The first-order valence-electron chi connectivity index (χ1n) is 7.65. The zero-order chi connectivity index (χ0) is 15.2. The fourth-order valence-corrected chi connectivity index (χ4v) is 4.28. The van der Waals surface area contributed by atoms with Gasteiger partial charge in [-0.15, -0.1) is 11.3 Å². The van der Waals surface area contributed by atoms with Crippen molar-refractivity contribution < 1.29 is 0 Å². The highest BCUT2D eigenvalue weighted by Crippen LogP contribution is 2.36.